The average Bonchev–Trinajstić information content (AvgIpc) is 2.59. The van der Waals surface area contributed by atoms with Crippen LogP contribution in [0.15, 0.2) is 0 Å². The highest BCUT2D eigenvalue weighted by atomic mass is 16.6. The molecule has 0 aliphatic rings. The summed E-state index contributed by atoms with van der Waals surface area (Å²) in [4.78, 5) is 22.5. The molecule has 0 saturated heterocycles. The van der Waals surface area contributed by atoms with Crippen LogP contribution in [-0.2, 0) is 38.0 Å². The van der Waals surface area contributed by atoms with Crippen molar-refractivity contribution in [2.45, 2.75) is 0 Å². The van der Waals surface area contributed by atoms with E-state index in [2.05, 4.69) is 9.47 Å². The number of carbonyl (C=O) groups excluding carboxylic acids is 2. The molecular formula is C14H26O10. The third kappa shape index (κ3) is 15.6. The molecule has 2 N–H and O–H groups in total. The number of esters is 2. The molecule has 0 aliphatic heterocycles. The van der Waals surface area contributed by atoms with E-state index in [4.69, 9.17) is 29.2 Å². The first-order valence-electron chi connectivity index (χ1n) is 7.59. The van der Waals surface area contributed by atoms with Gasteiger partial charge in [0.1, 0.15) is 13.2 Å². The predicted molar refractivity (Wildman–Crippen MR) is 79.4 cm³/mol. The molecular weight excluding hydrogens is 328 g/mol. The van der Waals surface area contributed by atoms with Crippen LogP contribution in [0, 0.1) is 0 Å². The molecule has 0 bridgehead atoms. The minimum absolute atomic E-state index is 0.0533. The second kappa shape index (κ2) is 18.0. The van der Waals surface area contributed by atoms with E-state index in [1.54, 1.807) is 0 Å². The Kier molecular flexibility index (Phi) is 17.1. The maximum Gasteiger partial charge on any atom is 0.417 e. The van der Waals surface area contributed by atoms with Gasteiger partial charge in [0, 0.05) is 0 Å². The van der Waals surface area contributed by atoms with Crippen molar-refractivity contribution >= 4 is 11.9 Å². The molecule has 0 aromatic carbocycles. The van der Waals surface area contributed by atoms with Crippen LogP contribution in [0.3, 0.4) is 0 Å². The maximum absolute atomic E-state index is 11.3. The van der Waals surface area contributed by atoms with Crippen LogP contribution in [0.25, 0.3) is 0 Å². The zero-order chi connectivity index (χ0) is 17.9. The Balaban J connectivity index is 3.36. The van der Waals surface area contributed by atoms with Crippen LogP contribution in [0.2, 0.25) is 0 Å². The van der Waals surface area contributed by atoms with E-state index in [-0.39, 0.29) is 52.9 Å². The Morgan fingerprint density at radius 1 is 0.500 bits per heavy atom. The van der Waals surface area contributed by atoms with E-state index in [9.17, 15) is 9.59 Å². The molecule has 10 heteroatoms. The Labute approximate surface area is 140 Å². The lowest BCUT2D eigenvalue weighted by molar-refractivity contribution is -0.169. The molecule has 0 saturated carbocycles. The van der Waals surface area contributed by atoms with Crippen molar-refractivity contribution in [1.29, 1.82) is 0 Å². The van der Waals surface area contributed by atoms with Crippen molar-refractivity contribution in [2.24, 2.45) is 0 Å². The summed E-state index contributed by atoms with van der Waals surface area (Å²) < 4.78 is 29.4. The molecule has 0 aromatic heterocycles. The van der Waals surface area contributed by atoms with Crippen LogP contribution in [-0.4, -0.2) is 101 Å². The summed E-state index contributed by atoms with van der Waals surface area (Å²) in [6, 6.07) is 0. The molecule has 0 amide bonds. The summed E-state index contributed by atoms with van der Waals surface area (Å²) >= 11 is 0. The molecule has 0 heterocycles. The number of rotatable bonds is 16. The summed E-state index contributed by atoms with van der Waals surface area (Å²) in [6.45, 7) is 1.69. The second-order valence-corrected chi connectivity index (χ2v) is 4.17. The van der Waals surface area contributed by atoms with Crippen LogP contribution < -0.4 is 0 Å². The molecule has 0 fully saturated rings. The van der Waals surface area contributed by atoms with E-state index >= 15 is 0 Å². The van der Waals surface area contributed by atoms with Gasteiger partial charge in [-0.05, 0) is 0 Å². The molecule has 24 heavy (non-hydrogen) atoms. The second-order valence-electron chi connectivity index (χ2n) is 4.17. The number of hydrogen-bond donors (Lipinski definition) is 2. The van der Waals surface area contributed by atoms with Gasteiger partial charge in [0.2, 0.25) is 0 Å². The topological polar surface area (TPSA) is 130 Å². The van der Waals surface area contributed by atoms with Crippen LogP contribution in [0.4, 0.5) is 0 Å². The molecule has 0 aromatic rings. The Morgan fingerprint density at radius 3 is 1.12 bits per heavy atom. The van der Waals surface area contributed by atoms with Crippen LogP contribution in [0.5, 0.6) is 0 Å². The fourth-order valence-electron chi connectivity index (χ4n) is 1.28. The van der Waals surface area contributed by atoms with Crippen molar-refractivity contribution in [3.63, 3.8) is 0 Å². The zero-order valence-electron chi connectivity index (χ0n) is 13.6. The Hall–Kier alpha value is -1.30. The number of carbonyl (C=O) groups is 2. The van der Waals surface area contributed by atoms with Gasteiger partial charge in [0.15, 0.2) is 0 Å². The molecule has 142 valence electrons. The van der Waals surface area contributed by atoms with Gasteiger partial charge < -0.3 is 38.6 Å². The Morgan fingerprint density at radius 2 is 0.792 bits per heavy atom. The van der Waals surface area contributed by atoms with Gasteiger partial charge >= 0.3 is 11.9 Å². The fraction of sp³-hybridized carbons (Fsp3) is 0.857. The van der Waals surface area contributed by atoms with E-state index in [0.29, 0.717) is 26.4 Å². The lowest BCUT2D eigenvalue weighted by atomic mass is 10.6. The van der Waals surface area contributed by atoms with Crippen molar-refractivity contribution in [2.75, 3.05) is 79.3 Å². The van der Waals surface area contributed by atoms with Crippen molar-refractivity contribution < 1.29 is 48.2 Å². The van der Waals surface area contributed by atoms with Gasteiger partial charge in [-0.1, -0.05) is 0 Å². The van der Waals surface area contributed by atoms with Crippen molar-refractivity contribution in [3.8, 4) is 0 Å². The van der Waals surface area contributed by atoms with Crippen LogP contribution >= 0.6 is 0 Å². The maximum atomic E-state index is 11.3. The monoisotopic (exact) mass is 354 g/mol. The first-order chi connectivity index (χ1) is 11.7. The first-order valence-corrected chi connectivity index (χ1v) is 7.59. The van der Waals surface area contributed by atoms with Crippen LogP contribution in [0.1, 0.15) is 0 Å². The number of aliphatic hydroxyl groups is 2. The normalized spacial score (nSPS) is 10.6. The molecule has 0 radical (unpaired) electrons. The number of ether oxygens (including phenoxy) is 6. The highest BCUT2D eigenvalue weighted by Crippen LogP contribution is 1.88. The molecule has 0 atom stereocenters. The smallest absolute Gasteiger partial charge is 0.417 e. The number of hydrogen-bond acceptors (Lipinski definition) is 10. The van der Waals surface area contributed by atoms with Gasteiger partial charge in [-0.3, -0.25) is 0 Å². The summed E-state index contributed by atoms with van der Waals surface area (Å²) in [6.07, 6.45) is 0. The Bertz CT molecular complexity index is 280. The third-order valence-electron chi connectivity index (χ3n) is 2.30. The van der Waals surface area contributed by atoms with Crippen molar-refractivity contribution in [1.82, 2.24) is 0 Å². The quantitative estimate of drug-likeness (QED) is 0.184. The third-order valence-corrected chi connectivity index (χ3v) is 2.30. The fourth-order valence-corrected chi connectivity index (χ4v) is 1.28. The molecule has 10 nitrogen and oxygen atoms in total. The molecule has 0 rings (SSSR count). The first kappa shape index (κ1) is 22.7. The summed E-state index contributed by atoms with van der Waals surface area (Å²) in [5.41, 5.74) is 0. The van der Waals surface area contributed by atoms with Gasteiger partial charge in [-0.15, -0.1) is 0 Å². The lowest BCUT2D eigenvalue weighted by Gasteiger charge is -2.07. The van der Waals surface area contributed by atoms with E-state index in [1.807, 2.05) is 0 Å². The van der Waals surface area contributed by atoms with Gasteiger partial charge in [0.25, 0.3) is 0 Å². The van der Waals surface area contributed by atoms with Crippen molar-refractivity contribution in [3.05, 3.63) is 0 Å². The summed E-state index contributed by atoms with van der Waals surface area (Å²) in [5.74, 6) is -2.19. The SMILES string of the molecule is O=C(OCCOCCOCCO)C(=O)OCCOCCOCCO. The van der Waals surface area contributed by atoms with E-state index in [1.165, 1.54) is 0 Å². The summed E-state index contributed by atoms with van der Waals surface area (Å²) in [5, 5.41) is 16.9. The zero-order valence-corrected chi connectivity index (χ0v) is 13.6. The highest BCUT2D eigenvalue weighted by molar-refractivity contribution is 6.29. The van der Waals surface area contributed by atoms with Gasteiger partial charge in [-0.2, -0.15) is 0 Å². The minimum Gasteiger partial charge on any atom is -0.455 e. The number of aliphatic hydroxyl groups excluding tert-OH is 2. The lowest BCUT2D eigenvalue weighted by Crippen LogP contribution is -2.24. The predicted octanol–water partition coefficient (Wildman–Crippen LogP) is -1.88. The minimum atomic E-state index is -1.10. The van der Waals surface area contributed by atoms with E-state index < -0.39 is 11.9 Å². The summed E-state index contributed by atoms with van der Waals surface area (Å²) in [7, 11) is 0. The molecule has 0 aliphatic carbocycles. The van der Waals surface area contributed by atoms with Gasteiger partial charge in [0.05, 0.1) is 66.1 Å². The highest BCUT2D eigenvalue weighted by Gasteiger charge is 2.16. The van der Waals surface area contributed by atoms with Gasteiger partial charge in [-0.25, -0.2) is 9.59 Å². The molecule has 0 unspecified atom stereocenters. The van der Waals surface area contributed by atoms with E-state index in [0.717, 1.165) is 0 Å². The standard InChI is InChI=1S/C14H26O10/c15-1-3-19-5-7-21-9-11-23-13(17)14(18)24-12-10-22-8-6-20-4-2-16/h15-16H,1-12H2. The average molecular weight is 354 g/mol. The largest absolute Gasteiger partial charge is 0.455 e. The molecule has 0 spiro atoms.